The highest BCUT2D eigenvalue weighted by atomic mass is 16.6. The van der Waals surface area contributed by atoms with Crippen LogP contribution in [0.15, 0.2) is 52.2 Å². The van der Waals surface area contributed by atoms with Crippen LogP contribution < -0.4 is 11.2 Å². The predicted octanol–water partition coefficient (Wildman–Crippen LogP) is 0.680. The molecule has 1 heterocycles. The third kappa shape index (κ3) is 5.13. The van der Waals surface area contributed by atoms with Crippen molar-refractivity contribution in [1.82, 2.24) is 9.55 Å². The zero-order chi connectivity index (χ0) is 18.2. The number of aromatic nitrogens is 2. The number of rotatable bonds is 8. The summed E-state index contributed by atoms with van der Waals surface area (Å²) in [7, 11) is 0. The van der Waals surface area contributed by atoms with Gasteiger partial charge in [-0.05, 0) is 18.6 Å². The molecule has 0 aliphatic heterocycles. The smallest absolute Gasteiger partial charge is 0.338 e. The molecule has 25 heavy (non-hydrogen) atoms. The molecule has 2 atom stereocenters. The molecule has 0 radical (unpaired) electrons. The van der Waals surface area contributed by atoms with E-state index in [1.165, 1.54) is 6.20 Å². The van der Waals surface area contributed by atoms with E-state index >= 15 is 0 Å². The first-order valence-electron chi connectivity index (χ1n) is 7.85. The Morgan fingerprint density at radius 3 is 2.56 bits per heavy atom. The van der Waals surface area contributed by atoms with E-state index in [4.69, 9.17) is 9.47 Å². The maximum atomic E-state index is 12.1. The standard InChI is InChI=1S/C17H20N2O6/c1-2-13(10-20)25-15(19-9-8-14(21)18-17(19)23)11-24-16(22)12-6-4-3-5-7-12/h3-9,13,15,20H,2,10-11H2,1H3,(H,18,21,23)/t13-,15?/m1/s1. The molecule has 0 bridgehead atoms. The number of esters is 1. The summed E-state index contributed by atoms with van der Waals surface area (Å²) in [4.78, 5) is 37.4. The summed E-state index contributed by atoms with van der Waals surface area (Å²) in [5.41, 5.74) is -0.874. The normalized spacial score (nSPS) is 13.2. The van der Waals surface area contributed by atoms with Crippen molar-refractivity contribution in [1.29, 1.82) is 0 Å². The van der Waals surface area contributed by atoms with Crippen molar-refractivity contribution in [2.24, 2.45) is 0 Å². The van der Waals surface area contributed by atoms with Gasteiger partial charge in [0.25, 0.3) is 5.56 Å². The fourth-order valence-corrected chi connectivity index (χ4v) is 2.13. The van der Waals surface area contributed by atoms with Crippen molar-refractivity contribution in [3.8, 4) is 0 Å². The number of hydrogen-bond donors (Lipinski definition) is 2. The molecule has 0 aliphatic rings. The second-order valence-corrected chi connectivity index (χ2v) is 5.29. The average Bonchev–Trinajstić information content (AvgIpc) is 2.63. The molecule has 1 aromatic heterocycles. The SMILES string of the molecule is CC[C@H](CO)OC(COC(=O)c1ccccc1)n1ccc(=O)[nH]c1=O. The fourth-order valence-electron chi connectivity index (χ4n) is 2.13. The highest BCUT2D eigenvalue weighted by Gasteiger charge is 2.20. The Kier molecular flexibility index (Phi) is 6.67. The molecule has 0 amide bonds. The lowest BCUT2D eigenvalue weighted by Gasteiger charge is -2.24. The molecule has 0 spiro atoms. The number of carbonyl (C=O) groups is 1. The van der Waals surface area contributed by atoms with E-state index in [2.05, 4.69) is 4.98 Å². The van der Waals surface area contributed by atoms with Crippen LogP contribution in [-0.2, 0) is 9.47 Å². The number of nitrogens with one attached hydrogen (secondary N) is 1. The molecule has 1 unspecified atom stereocenters. The van der Waals surface area contributed by atoms with E-state index in [0.29, 0.717) is 12.0 Å². The molecule has 0 saturated carbocycles. The Morgan fingerprint density at radius 2 is 1.96 bits per heavy atom. The topological polar surface area (TPSA) is 111 Å². The van der Waals surface area contributed by atoms with Gasteiger partial charge in [0.2, 0.25) is 0 Å². The van der Waals surface area contributed by atoms with Crippen LogP contribution in [0, 0.1) is 0 Å². The van der Waals surface area contributed by atoms with Crippen LogP contribution in [0.2, 0.25) is 0 Å². The van der Waals surface area contributed by atoms with Crippen LogP contribution >= 0.6 is 0 Å². The molecule has 2 N–H and O–H groups in total. The second kappa shape index (κ2) is 8.95. The van der Waals surface area contributed by atoms with Crippen molar-refractivity contribution in [3.63, 3.8) is 0 Å². The van der Waals surface area contributed by atoms with Crippen LogP contribution in [0.3, 0.4) is 0 Å². The molecular formula is C17H20N2O6. The van der Waals surface area contributed by atoms with E-state index in [9.17, 15) is 19.5 Å². The second-order valence-electron chi connectivity index (χ2n) is 5.29. The Hall–Kier alpha value is -2.71. The van der Waals surface area contributed by atoms with Gasteiger partial charge >= 0.3 is 11.7 Å². The lowest BCUT2D eigenvalue weighted by atomic mass is 10.2. The number of aliphatic hydroxyl groups is 1. The number of aliphatic hydroxyl groups excluding tert-OH is 1. The minimum atomic E-state index is -0.978. The van der Waals surface area contributed by atoms with E-state index < -0.39 is 29.6 Å². The number of nitrogens with zero attached hydrogens (tertiary/aromatic N) is 1. The molecule has 8 heteroatoms. The first-order chi connectivity index (χ1) is 12.0. The highest BCUT2D eigenvalue weighted by molar-refractivity contribution is 5.89. The van der Waals surface area contributed by atoms with Gasteiger partial charge in [0.15, 0.2) is 6.23 Å². The van der Waals surface area contributed by atoms with Gasteiger partial charge in [-0.3, -0.25) is 14.3 Å². The number of ether oxygens (including phenoxy) is 2. The third-order valence-corrected chi connectivity index (χ3v) is 3.54. The van der Waals surface area contributed by atoms with Crippen LogP contribution in [-0.4, -0.2) is 39.9 Å². The van der Waals surface area contributed by atoms with Crippen molar-refractivity contribution in [3.05, 3.63) is 69.0 Å². The Balaban J connectivity index is 2.18. The zero-order valence-electron chi connectivity index (χ0n) is 13.8. The third-order valence-electron chi connectivity index (χ3n) is 3.54. The Morgan fingerprint density at radius 1 is 1.24 bits per heavy atom. The average molecular weight is 348 g/mol. The first kappa shape index (κ1) is 18.6. The lowest BCUT2D eigenvalue weighted by molar-refractivity contribution is -0.102. The monoisotopic (exact) mass is 348 g/mol. The van der Waals surface area contributed by atoms with E-state index in [1.807, 2.05) is 6.92 Å². The van der Waals surface area contributed by atoms with E-state index in [1.54, 1.807) is 30.3 Å². The number of H-pyrrole nitrogens is 1. The summed E-state index contributed by atoms with van der Waals surface area (Å²) in [6, 6.07) is 9.55. The largest absolute Gasteiger partial charge is 0.457 e. The maximum Gasteiger partial charge on any atom is 0.338 e. The summed E-state index contributed by atoms with van der Waals surface area (Å²) in [5.74, 6) is -0.566. The summed E-state index contributed by atoms with van der Waals surface area (Å²) in [6.45, 7) is 1.30. The molecule has 0 saturated heterocycles. The number of carbonyl (C=O) groups excluding carboxylic acids is 1. The van der Waals surface area contributed by atoms with Crippen molar-refractivity contribution in [2.45, 2.75) is 25.7 Å². The van der Waals surface area contributed by atoms with Crippen LogP contribution in [0.1, 0.15) is 29.9 Å². The van der Waals surface area contributed by atoms with Gasteiger partial charge in [0, 0.05) is 12.3 Å². The summed E-state index contributed by atoms with van der Waals surface area (Å²) in [5, 5.41) is 9.31. The highest BCUT2D eigenvalue weighted by Crippen LogP contribution is 2.13. The van der Waals surface area contributed by atoms with E-state index in [-0.39, 0.29) is 13.2 Å². The minimum Gasteiger partial charge on any atom is -0.457 e. The van der Waals surface area contributed by atoms with Gasteiger partial charge in [0.1, 0.15) is 6.61 Å². The van der Waals surface area contributed by atoms with Crippen molar-refractivity contribution >= 4 is 5.97 Å². The van der Waals surface area contributed by atoms with Crippen LogP contribution in [0.4, 0.5) is 0 Å². The van der Waals surface area contributed by atoms with Crippen molar-refractivity contribution in [2.75, 3.05) is 13.2 Å². The zero-order valence-corrected chi connectivity index (χ0v) is 13.8. The van der Waals surface area contributed by atoms with Crippen LogP contribution in [0.25, 0.3) is 0 Å². The van der Waals surface area contributed by atoms with Gasteiger partial charge in [-0.1, -0.05) is 25.1 Å². The van der Waals surface area contributed by atoms with Gasteiger partial charge in [-0.15, -0.1) is 0 Å². The number of hydrogen-bond acceptors (Lipinski definition) is 6. The summed E-state index contributed by atoms with van der Waals surface area (Å²) >= 11 is 0. The summed E-state index contributed by atoms with van der Waals surface area (Å²) < 4.78 is 12.0. The van der Waals surface area contributed by atoms with Gasteiger partial charge in [0.05, 0.1) is 18.3 Å². The minimum absolute atomic E-state index is 0.252. The quantitative estimate of drug-likeness (QED) is 0.679. The van der Waals surface area contributed by atoms with Gasteiger partial charge < -0.3 is 14.6 Å². The van der Waals surface area contributed by atoms with Gasteiger partial charge in [-0.2, -0.15) is 0 Å². The Bertz CT molecular complexity index is 795. The van der Waals surface area contributed by atoms with E-state index in [0.717, 1.165) is 10.6 Å². The lowest BCUT2D eigenvalue weighted by Crippen LogP contribution is -2.37. The molecule has 1 aromatic carbocycles. The maximum absolute atomic E-state index is 12.1. The molecule has 134 valence electrons. The molecule has 2 aromatic rings. The van der Waals surface area contributed by atoms with Gasteiger partial charge in [-0.25, -0.2) is 9.59 Å². The summed E-state index contributed by atoms with van der Waals surface area (Å²) in [6.07, 6.45) is 0.234. The Labute approximate surface area is 143 Å². The molecule has 0 aliphatic carbocycles. The fraction of sp³-hybridized carbons (Fsp3) is 0.353. The molecule has 8 nitrogen and oxygen atoms in total. The molecule has 2 rings (SSSR count). The molecular weight excluding hydrogens is 328 g/mol. The number of benzene rings is 1. The predicted molar refractivity (Wildman–Crippen MR) is 89.3 cm³/mol. The first-order valence-corrected chi connectivity index (χ1v) is 7.85. The van der Waals surface area contributed by atoms with Crippen molar-refractivity contribution < 1.29 is 19.4 Å². The molecule has 0 fully saturated rings. The van der Waals surface area contributed by atoms with Crippen LogP contribution in [0.5, 0.6) is 0 Å². The number of aromatic amines is 1.